The van der Waals surface area contributed by atoms with Crippen LogP contribution < -0.4 is 11.1 Å². The van der Waals surface area contributed by atoms with Crippen LogP contribution in [0.2, 0.25) is 0 Å². The number of carboxylic acid groups (broad SMARTS) is 1. The first-order valence-electron chi connectivity index (χ1n) is 6.28. The summed E-state index contributed by atoms with van der Waals surface area (Å²) in [6.45, 7) is 4.29. The Morgan fingerprint density at radius 2 is 2.21 bits per heavy atom. The summed E-state index contributed by atoms with van der Waals surface area (Å²) >= 11 is 0. The topological polar surface area (TPSA) is 84.6 Å². The number of carboxylic acids is 1. The van der Waals surface area contributed by atoms with Crippen molar-refractivity contribution in [3.8, 4) is 0 Å². The fourth-order valence-corrected chi connectivity index (χ4v) is 2.55. The number of rotatable bonds is 4. The van der Waals surface area contributed by atoms with Gasteiger partial charge in [0.25, 0.3) is 0 Å². The average Bonchev–Trinajstić information content (AvgIpc) is 2.35. The number of nitrogens with two attached hydrogens (primary N) is 1. The summed E-state index contributed by atoms with van der Waals surface area (Å²) in [5, 5.41) is 12.3. The molecular formula is C14H20N2O3. The Labute approximate surface area is 112 Å². The first-order chi connectivity index (χ1) is 8.86. The van der Waals surface area contributed by atoms with Gasteiger partial charge in [0.05, 0.1) is 23.0 Å². The van der Waals surface area contributed by atoms with Gasteiger partial charge in [0.2, 0.25) is 0 Å². The van der Waals surface area contributed by atoms with E-state index in [4.69, 9.17) is 15.6 Å². The van der Waals surface area contributed by atoms with Crippen LogP contribution in [0, 0.1) is 5.41 Å². The van der Waals surface area contributed by atoms with E-state index in [1.165, 1.54) is 6.07 Å². The monoisotopic (exact) mass is 264 g/mol. The van der Waals surface area contributed by atoms with E-state index in [0.717, 1.165) is 12.1 Å². The third-order valence-electron chi connectivity index (χ3n) is 4.09. The largest absolute Gasteiger partial charge is 0.478 e. The maximum atomic E-state index is 10.8. The highest BCUT2D eigenvalue weighted by Gasteiger charge is 2.48. The van der Waals surface area contributed by atoms with Crippen molar-refractivity contribution in [2.45, 2.75) is 32.4 Å². The highest BCUT2D eigenvalue weighted by atomic mass is 16.5. The molecule has 0 aliphatic heterocycles. The van der Waals surface area contributed by atoms with Crippen molar-refractivity contribution < 1.29 is 14.6 Å². The Morgan fingerprint density at radius 3 is 2.68 bits per heavy atom. The van der Waals surface area contributed by atoms with Crippen molar-refractivity contribution in [2.24, 2.45) is 5.41 Å². The van der Waals surface area contributed by atoms with Gasteiger partial charge in [0.15, 0.2) is 0 Å². The molecule has 1 aliphatic rings. The van der Waals surface area contributed by atoms with E-state index in [1.807, 2.05) is 0 Å². The molecule has 2 rings (SSSR count). The second kappa shape index (κ2) is 4.74. The molecule has 0 amide bonds. The molecule has 1 aromatic rings. The standard InChI is InChI=1S/C14H20N2O3/c1-14(2)11(7-12(14)19-3)16-10-5-4-8(13(17)18)6-9(10)15/h4-6,11-12,16H,7,15H2,1-3H3,(H,17,18). The third-order valence-corrected chi connectivity index (χ3v) is 4.09. The number of ether oxygens (including phenoxy) is 1. The number of methoxy groups -OCH3 is 1. The SMILES string of the molecule is COC1CC(Nc2ccc(C(=O)O)cc2N)C1(C)C. The van der Waals surface area contributed by atoms with Crippen molar-refractivity contribution in [2.75, 3.05) is 18.2 Å². The molecule has 0 saturated heterocycles. The Morgan fingerprint density at radius 1 is 1.53 bits per heavy atom. The van der Waals surface area contributed by atoms with Crippen LogP contribution in [0.25, 0.3) is 0 Å². The first kappa shape index (κ1) is 13.7. The summed E-state index contributed by atoms with van der Waals surface area (Å²) in [7, 11) is 1.72. The fraction of sp³-hybridized carbons (Fsp3) is 0.500. The van der Waals surface area contributed by atoms with Crippen molar-refractivity contribution in [3.05, 3.63) is 23.8 Å². The lowest BCUT2D eigenvalue weighted by Crippen LogP contribution is -2.57. The van der Waals surface area contributed by atoms with Crippen LogP contribution in [0.5, 0.6) is 0 Å². The lowest BCUT2D eigenvalue weighted by Gasteiger charge is -2.51. The predicted molar refractivity (Wildman–Crippen MR) is 74.4 cm³/mol. The first-order valence-corrected chi connectivity index (χ1v) is 6.28. The molecule has 1 saturated carbocycles. The molecule has 0 spiro atoms. The van der Waals surface area contributed by atoms with Crippen LogP contribution in [0.3, 0.4) is 0 Å². The minimum atomic E-state index is -0.971. The molecule has 0 radical (unpaired) electrons. The molecule has 5 heteroatoms. The van der Waals surface area contributed by atoms with Crippen LogP contribution in [0.15, 0.2) is 18.2 Å². The molecule has 0 aromatic heterocycles. The number of hydrogen-bond donors (Lipinski definition) is 3. The van der Waals surface area contributed by atoms with E-state index < -0.39 is 5.97 Å². The van der Waals surface area contributed by atoms with Crippen LogP contribution >= 0.6 is 0 Å². The van der Waals surface area contributed by atoms with Crippen LogP contribution in [-0.2, 0) is 4.74 Å². The van der Waals surface area contributed by atoms with Crippen molar-refractivity contribution in [1.82, 2.24) is 0 Å². The zero-order valence-electron chi connectivity index (χ0n) is 11.4. The van der Waals surface area contributed by atoms with E-state index in [9.17, 15) is 4.79 Å². The number of hydrogen-bond acceptors (Lipinski definition) is 4. The highest BCUT2D eigenvalue weighted by molar-refractivity contribution is 5.90. The summed E-state index contributed by atoms with van der Waals surface area (Å²) in [5.41, 5.74) is 7.35. The van der Waals surface area contributed by atoms with Gasteiger partial charge in [-0.3, -0.25) is 0 Å². The zero-order valence-corrected chi connectivity index (χ0v) is 11.4. The number of aromatic carboxylic acids is 1. The third kappa shape index (κ3) is 2.38. The van der Waals surface area contributed by atoms with E-state index in [-0.39, 0.29) is 23.1 Å². The minimum absolute atomic E-state index is 0.0344. The van der Waals surface area contributed by atoms with E-state index in [2.05, 4.69) is 19.2 Å². The van der Waals surface area contributed by atoms with Crippen LogP contribution in [-0.4, -0.2) is 30.3 Å². The molecule has 1 aliphatic carbocycles. The number of anilines is 2. The summed E-state index contributed by atoms with van der Waals surface area (Å²) in [6.07, 6.45) is 1.16. The molecule has 1 fully saturated rings. The van der Waals surface area contributed by atoms with Gasteiger partial charge in [0.1, 0.15) is 0 Å². The molecule has 2 unspecified atom stereocenters. The summed E-state index contributed by atoms with van der Waals surface area (Å²) in [6, 6.07) is 5.02. The lowest BCUT2D eigenvalue weighted by molar-refractivity contribution is -0.0794. The summed E-state index contributed by atoms with van der Waals surface area (Å²) in [5.74, 6) is -0.971. The molecule has 0 bridgehead atoms. The van der Waals surface area contributed by atoms with E-state index in [1.54, 1.807) is 19.2 Å². The highest BCUT2D eigenvalue weighted by Crippen LogP contribution is 2.44. The molecular weight excluding hydrogens is 244 g/mol. The molecule has 1 aromatic carbocycles. The minimum Gasteiger partial charge on any atom is -0.478 e. The predicted octanol–water partition coefficient (Wildman–Crippen LogP) is 2.19. The van der Waals surface area contributed by atoms with Gasteiger partial charge in [-0.05, 0) is 24.6 Å². The van der Waals surface area contributed by atoms with Crippen molar-refractivity contribution in [1.29, 1.82) is 0 Å². The van der Waals surface area contributed by atoms with Gasteiger partial charge in [-0.15, -0.1) is 0 Å². The molecule has 0 heterocycles. The van der Waals surface area contributed by atoms with Gasteiger partial charge < -0.3 is 20.9 Å². The number of benzene rings is 1. The molecule has 4 N–H and O–H groups in total. The number of carbonyl (C=O) groups is 1. The lowest BCUT2D eigenvalue weighted by atomic mass is 9.64. The van der Waals surface area contributed by atoms with E-state index >= 15 is 0 Å². The smallest absolute Gasteiger partial charge is 0.335 e. The van der Waals surface area contributed by atoms with E-state index in [0.29, 0.717) is 5.69 Å². The maximum Gasteiger partial charge on any atom is 0.335 e. The zero-order chi connectivity index (χ0) is 14.2. The Hall–Kier alpha value is -1.75. The molecule has 104 valence electrons. The summed E-state index contributed by atoms with van der Waals surface area (Å²) in [4.78, 5) is 10.8. The van der Waals surface area contributed by atoms with Crippen LogP contribution in [0.4, 0.5) is 11.4 Å². The second-order valence-corrected chi connectivity index (χ2v) is 5.59. The average molecular weight is 264 g/mol. The van der Waals surface area contributed by atoms with Gasteiger partial charge >= 0.3 is 5.97 Å². The van der Waals surface area contributed by atoms with Crippen LogP contribution in [0.1, 0.15) is 30.6 Å². The van der Waals surface area contributed by atoms with Crippen molar-refractivity contribution in [3.63, 3.8) is 0 Å². The van der Waals surface area contributed by atoms with Gasteiger partial charge in [0, 0.05) is 18.6 Å². The quantitative estimate of drug-likeness (QED) is 0.726. The molecule has 5 nitrogen and oxygen atoms in total. The fourth-order valence-electron chi connectivity index (χ4n) is 2.55. The van der Waals surface area contributed by atoms with Crippen molar-refractivity contribution >= 4 is 17.3 Å². The normalized spacial score (nSPS) is 24.6. The van der Waals surface area contributed by atoms with Gasteiger partial charge in [-0.2, -0.15) is 0 Å². The number of nitrogens with one attached hydrogen (secondary N) is 1. The van der Waals surface area contributed by atoms with Gasteiger partial charge in [-0.1, -0.05) is 13.8 Å². The molecule has 19 heavy (non-hydrogen) atoms. The Bertz CT molecular complexity index is 499. The Kier molecular flexibility index (Phi) is 3.41. The molecule has 2 atom stereocenters. The number of nitrogen functional groups attached to an aromatic ring is 1. The Balaban J connectivity index is 2.11. The van der Waals surface area contributed by atoms with Gasteiger partial charge in [-0.25, -0.2) is 4.79 Å². The summed E-state index contributed by atoms with van der Waals surface area (Å²) < 4.78 is 5.40. The maximum absolute atomic E-state index is 10.8. The second-order valence-electron chi connectivity index (χ2n) is 5.59.